The molecule has 0 bridgehead atoms. The van der Waals surface area contributed by atoms with Crippen molar-refractivity contribution in [1.82, 2.24) is 5.32 Å². The van der Waals surface area contributed by atoms with Crippen molar-refractivity contribution in [3.8, 4) is 0 Å². The Morgan fingerprint density at radius 1 is 1.19 bits per heavy atom. The Morgan fingerprint density at radius 3 is 2.76 bits per heavy atom. The molecule has 1 unspecified atom stereocenters. The van der Waals surface area contributed by atoms with Crippen molar-refractivity contribution in [2.24, 2.45) is 5.92 Å². The van der Waals surface area contributed by atoms with E-state index in [1.54, 1.807) is 0 Å². The van der Waals surface area contributed by atoms with Gasteiger partial charge in [-0.2, -0.15) is 0 Å². The van der Waals surface area contributed by atoms with E-state index in [4.69, 9.17) is 0 Å². The lowest BCUT2D eigenvalue weighted by Crippen LogP contribution is -2.24. The van der Waals surface area contributed by atoms with E-state index in [-0.39, 0.29) is 0 Å². The van der Waals surface area contributed by atoms with Crippen LogP contribution in [0, 0.1) is 12.8 Å². The molecule has 1 atom stereocenters. The van der Waals surface area contributed by atoms with Crippen LogP contribution in [0.1, 0.15) is 57.1 Å². The number of benzene rings is 1. The molecule has 1 aliphatic rings. The topological polar surface area (TPSA) is 15.3 Å². The fraction of sp³-hybridized carbons (Fsp3) is 0.684. The van der Waals surface area contributed by atoms with Crippen LogP contribution >= 0.6 is 0 Å². The van der Waals surface area contributed by atoms with Crippen LogP contribution in [0.3, 0.4) is 0 Å². The van der Waals surface area contributed by atoms with Gasteiger partial charge in [0.1, 0.15) is 0 Å². The molecule has 2 rings (SSSR count). The normalized spacial score (nSPS) is 19.6. The van der Waals surface area contributed by atoms with E-state index < -0.39 is 0 Å². The van der Waals surface area contributed by atoms with Crippen molar-refractivity contribution in [2.45, 2.75) is 59.4 Å². The maximum absolute atomic E-state index is 3.42. The molecule has 1 aromatic rings. The minimum atomic E-state index is 0.953. The first-order valence-corrected chi connectivity index (χ1v) is 8.79. The van der Waals surface area contributed by atoms with Crippen molar-refractivity contribution in [1.29, 1.82) is 0 Å². The molecule has 0 aromatic heterocycles. The molecule has 21 heavy (non-hydrogen) atoms. The van der Waals surface area contributed by atoms with Crippen LogP contribution in [-0.4, -0.2) is 19.6 Å². The van der Waals surface area contributed by atoms with Gasteiger partial charge in [-0.3, -0.25) is 0 Å². The molecule has 0 saturated carbocycles. The summed E-state index contributed by atoms with van der Waals surface area (Å²) in [5.41, 5.74) is 4.27. The van der Waals surface area contributed by atoms with Crippen LogP contribution in [0.15, 0.2) is 18.2 Å². The Balaban J connectivity index is 1.99. The summed E-state index contributed by atoms with van der Waals surface area (Å²) in [5.74, 6) is 0.953. The summed E-state index contributed by atoms with van der Waals surface area (Å²) in [5, 5.41) is 3.42. The van der Waals surface area contributed by atoms with Crippen LogP contribution in [0.25, 0.3) is 0 Å². The van der Waals surface area contributed by atoms with Gasteiger partial charge in [-0.25, -0.2) is 0 Å². The highest BCUT2D eigenvalue weighted by Crippen LogP contribution is 2.26. The zero-order chi connectivity index (χ0) is 15.1. The third kappa shape index (κ3) is 4.74. The molecule has 2 heteroatoms. The molecule has 1 saturated heterocycles. The van der Waals surface area contributed by atoms with Crippen molar-refractivity contribution < 1.29 is 0 Å². The Bertz CT molecular complexity index is 428. The first-order chi connectivity index (χ1) is 10.2. The summed E-state index contributed by atoms with van der Waals surface area (Å²) < 4.78 is 0. The average molecular weight is 288 g/mol. The number of anilines is 1. The Morgan fingerprint density at radius 2 is 2.05 bits per heavy atom. The Hall–Kier alpha value is -1.02. The van der Waals surface area contributed by atoms with Gasteiger partial charge < -0.3 is 10.2 Å². The predicted molar refractivity (Wildman–Crippen MR) is 93.0 cm³/mol. The number of nitrogens with zero attached hydrogens (tertiary/aromatic N) is 1. The monoisotopic (exact) mass is 288 g/mol. The van der Waals surface area contributed by atoms with Crippen molar-refractivity contribution in [3.05, 3.63) is 29.3 Å². The van der Waals surface area contributed by atoms with E-state index in [1.807, 2.05) is 0 Å². The van der Waals surface area contributed by atoms with E-state index in [0.717, 1.165) is 19.0 Å². The van der Waals surface area contributed by atoms with Gasteiger partial charge in [0.15, 0.2) is 0 Å². The fourth-order valence-electron chi connectivity index (χ4n) is 3.46. The van der Waals surface area contributed by atoms with Crippen LogP contribution < -0.4 is 10.2 Å². The summed E-state index contributed by atoms with van der Waals surface area (Å²) in [6.45, 7) is 11.2. The highest BCUT2D eigenvalue weighted by Gasteiger charge is 2.17. The van der Waals surface area contributed by atoms with Crippen LogP contribution in [0.5, 0.6) is 0 Å². The third-order valence-electron chi connectivity index (χ3n) is 4.80. The molecular formula is C19H32N2. The third-order valence-corrected chi connectivity index (χ3v) is 4.80. The van der Waals surface area contributed by atoms with Crippen LogP contribution in [0.2, 0.25) is 0 Å². The molecule has 0 amide bonds. The summed E-state index contributed by atoms with van der Waals surface area (Å²) in [4.78, 5) is 2.60. The maximum Gasteiger partial charge on any atom is 0.0369 e. The molecular weight excluding hydrogens is 256 g/mol. The number of nitrogens with one attached hydrogen (secondary N) is 1. The zero-order valence-corrected chi connectivity index (χ0v) is 14.1. The van der Waals surface area contributed by atoms with Crippen LogP contribution in [0.4, 0.5) is 5.69 Å². The molecule has 1 N–H and O–H groups in total. The van der Waals surface area contributed by atoms with E-state index in [9.17, 15) is 0 Å². The van der Waals surface area contributed by atoms with Crippen LogP contribution in [-0.2, 0) is 6.54 Å². The van der Waals surface area contributed by atoms with E-state index in [1.165, 1.54) is 62.0 Å². The first kappa shape index (κ1) is 16.4. The molecule has 0 aliphatic carbocycles. The SMILES string of the molecule is CCCC1CCCN(c2ccc(CNCC)c(C)c2)CC1. The minimum Gasteiger partial charge on any atom is -0.372 e. The Labute approximate surface area is 130 Å². The zero-order valence-electron chi connectivity index (χ0n) is 14.1. The standard InChI is InChI=1S/C19H32N2/c1-4-7-17-8-6-12-21(13-11-17)19-10-9-18(15-20-5-2)16(3)14-19/h9-10,14,17,20H,4-8,11-13,15H2,1-3H3. The van der Waals surface area contributed by atoms with Crippen molar-refractivity contribution in [2.75, 3.05) is 24.5 Å². The molecule has 1 aromatic carbocycles. The molecule has 0 spiro atoms. The number of aryl methyl sites for hydroxylation is 1. The van der Waals surface area contributed by atoms with E-state index in [0.29, 0.717) is 0 Å². The molecule has 1 aliphatic heterocycles. The van der Waals surface area contributed by atoms with Gasteiger partial charge in [0.2, 0.25) is 0 Å². The number of hydrogen-bond donors (Lipinski definition) is 1. The predicted octanol–water partition coefficient (Wildman–Crippen LogP) is 4.51. The largest absolute Gasteiger partial charge is 0.372 e. The lowest BCUT2D eigenvalue weighted by molar-refractivity contribution is 0.435. The highest BCUT2D eigenvalue weighted by atomic mass is 15.1. The van der Waals surface area contributed by atoms with Gasteiger partial charge in [0.05, 0.1) is 0 Å². The van der Waals surface area contributed by atoms with Gasteiger partial charge in [0.25, 0.3) is 0 Å². The summed E-state index contributed by atoms with van der Waals surface area (Å²) in [6.07, 6.45) is 6.88. The van der Waals surface area contributed by atoms with Gasteiger partial charge in [-0.05, 0) is 61.9 Å². The van der Waals surface area contributed by atoms with E-state index in [2.05, 4.69) is 49.2 Å². The maximum atomic E-state index is 3.42. The second-order valence-electron chi connectivity index (χ2n) is 6.46. The van der Waals surface area contributed by atoms with Gasteiger partial charge >= 0.3 is 0 Å². The lowest BCUT2D eigenvalue weighted by atomic mass is 9.96. The van der Waals surface area contributed by atoms with Gasteiger partial charge in [-0.15, -0.1) is 0 Å². The smallest absolute Gasteiger partial charge is 0.0369 e. The molecule has 118 valence electrons. The molecule has 1 fully saturated rings. The quantitative estimate of drug-likeness (QED) is 0.828. The molecule has 1 heterocycles. The summed E-state index contributed by atoms with van der Waals surface area (Å²) in [6, 6.07) is 7.01. The number of hydrogen-bond acceptors (Lipinski definition) is 2. The second kappa shape index (κ2) is 8.43. The number of rotatable bonds is 6. The molecule has 2 nitrogen and oxygen atoms in total. The second-order valence-corrected chi connectivity index (χ2v) is 6.46. The molecule has 0 radical (unpaired) electrons. The summed E-state index contributed by atoms with van der Waals surface area (Å²) in [7, 11) is 0. The van der Waals surface area contributed by atoms with Gasteiger partial charge in [-0.1, -0.05) is 32.8 Å². The minimum absolute atomic E-state index is 0.953. The lowest BCUT2D eigenvalue weighted by Gasteiger charge is -2.24. The highest BCUT2D eigenvalue weighted by molar-refractivity contribution is 5.51. The van der Waals surface area contributed by atoms with Crippen molar-refractivity contribution in [3.63, 3.8) is 0 Å². The van der Waals surface area contributed by atoms with Crippen molar-refractivity contribution >= 4 is 5.69 Å². The average Bonchev–Trinajstić information content (AvgIpc) is 2.72. The van der Waals surface area contributed by atoms with E-state index >= 15 is 0 Å². The summed E-state index contributed by atoms with van der Waals surface area (Å²) >= 11 is 0. The first-order valence-electron chi connectivity index (χ1n) is 8.79. The fourth-order valence-corrected chi connectivity index (χ4v) is 3.46. The van der Waals surface area contributed by atoms with Gasteiger partial charge in [0, 0.05) is 25.3 Å². The Kier molecular flexibility index (Phi) is 6.56.